The molecular weight excluding hydrogens is 452 g/mol. The fraction of sp³-hybridized carbons (Fsp3) is 0.250. The van der Waals surface area contributed by atoms with E-state index in [-0.39, 0.29) is 23.7 Å². The summed E-state index contributed by atoms with van der Waals surface area (Å²) in [5.41, 5.74) is 1.86. The Labute approximate surface area is 201 Å². The van der Waals surface area contributed by atoms with E-state index in [2.05, 4.69) is 20.8 Å². The molecule has 0 radical (unpaired) electrons. The Hall–Kier alpha value is -4.54. The number of rotatable bonds is 9. The molecule has 35 heavy (non-hydrogen) atoms. The highest BCUT2D eigenvalue weighted by Crippen LogP contribution is 2.22. The number of nitrogens with zero attached hydrogens (tertiary/aromatic N) is 4. The summed E-state index contributed by atoms with van der Waals surface area (Å²) in [5.74, 6) is 0.897. The quantitative estimate of drug-likeness (QED) is 0.376. The minimum absolute atomic E-state index is 0.0768. The number of carbonyl (C=O) groups excluding carboxylic acids is 2. The molecule has 182 valence electrons. The van der Waals surface area contributed by atoms with Crippen molar-refractivity contribution in [3.63, 3.8) is 0 Å². The lowest BCUT2D eigenvalue weighted by Gasteiger charge is -2.09. The second kappa shape index (κ2) is 10.2. The Bertz CT molecular complexity index is 1350. The van der Waals surface area contributed by atoms with Crippen LogP contribution in [0.15, 0.2) is 53.2 Å². The first-order valence-electron chi connectivity index (χ1n) is 10.9. The first-order valence-corrected chi connectivity index (χ1v) is 10.9. The molecule has 0 bridgehead atoms. The second-order valence-corrected chi connectivity index (χ2v) is 7.63. The highest BCUT2D eigenvalue weighted by atomic mass is 16.5. The number of benzene rings is 1. The van der Waals surface area contributed by atoms with Crippen LogP contribution in [0.4, 0.5) is 11.4 Å². The van der Waals surface area contributed by atoms with Crippen LogP contribution in [0.5, 0.6) is 11.5 Å². The molecule has 2 N–H and O–H groups in total. The molecule has 0 aliphatic carbocycles. The van der Waals surface area contributed by atoms with Crippen LogP contribution in [-0.2, 0) is 20.2 Å². The van der Waals surface area contributed by atoms with Gasteiger partial charge in [0.2, 0.25) is 0 Å². The maximum Gasteiger partial charge on any atom is 0.291 e. The van der Waals surface area contributed by atoms with Gasteiger partial charge < -0.3 is 24.5 Å². The number of aromatic nitrogens is 4. The molecule has 0 fully saturated rings. The van der Waals surface area contributed by atoms with Crippen molar-refractivity contribution in [1.82, 2.24) is 19.6 Å². The normalized spacial score (nSPS) is 10.7. The van der Waals surface area contributed by atoms with Gasteiger partial charge in [-0.2, -0.15) is 10.2 Å². The predicted molar refractivity (Wildman–Crippen MR) is 128 cm³/mol. The Morgan fingerprint density at radius 3 is 2.49 bits per heavy atom. The monoisotopic (exact) mass is 478 g/mol. The maximum atomic E-state index is 13.0. The van der Waals surface area contributed by atoms with Gasteiger partial charge in [-0.3, -0.25) is 19.0 Å². The Morgan fingerprint density at radius 2 is 1.77 bits per heavy atom. The van der Waals surface area contributed by atoms with Gasteiger partial charge in [-0.15, -0.1) is 0 Å². The van der Waals surface area contributed by atoms with Crippen LogP contribution >= 0.6 is 0 Å². The number of nitrogens with one attached hydrogen (secondary N) is 2. The predicted octanol–water partition coefficient (Wildman–Crippen LogP) is 3.63. The average Bonchev–Trinajstić information content (AvgIpc) is 3.58. The van der Waals surface area contributed by atoms with Gasteiger partial charge in [0.25, 0.3) is 11.8 Å². The molecule has 3 aromatic heterocycles. The molecule has 11 heteroatoms. The number of anilines is 2. The van der Waals surface area contributed by atoms with Crippen molar-refractivity contribution < 1.29 is 23.5 Å². The molecule has 4 rings (SSSR count). The average molecular weight is 479 g/mol. The lowest BCUT2D eigenvalue weighted by molar-refractivity contribution is 0.0992. The summed E-state index contributed by atoms with van der Waals surface area (Å²) < 4.78 is 19.7. The van der Waals surface area contributed by atoms with Gasteiger partial charge in [0, 0.05) is 19.7 Å². The summed E-state index contributed by atoms with van der Waals surface area (Å²) >= 11 is 0. The SMILES string of the molecule is CCn1ncc(NC(=O)c2ccc(COc3cccc(OC)c3)o2)c1C(=O)Nc1cnn(C)c1C. The Balaban J connectivity index is 1.44. The summed E-state index contributed by atoms with van der Waals surface area (Å²) in [6, 6.07) is 10.4. The van der Waals surface area contributed by atoms with Gasteiger partial charge >= 0.3 is 0 Å². The summed E-state index contributed by atoms with van der Waals surface area (Å²) in [5, 5.41) is 13.9. The zero-order valence-corrected chi connectivity index (χ0v) is 19.9. The molecule has 0 saturated heterocycles. The standard InChI is InChI=1S/C24H26N6O5/c1-5-30-22(24(32)27-19-12-25-29(3)15(19)2)20(13-26-30)28-23(31)21-10-9-18(35-21)14-34-17-8-6-7-16(11-17)33-4/h6-13H,5,14H2,1-4H3,(H,27,32)(H,28,31). The lowest BCUT2D eigenvalue weighted by atomic mass is 10.3. The van der Waals surface area contributed by atoms with Crippen LogP contribution < -0.4 is 20.1 Å². The summed E-state index contributed by atoms with van der Waals surface area (Å²) in [7, 11) is 3.36. The number of carbonyl (C=O) groups is 2. The van der Waals surface area contributed by atoms with E-state index in [0.717, 1.165) is 5.69 Å². The number of methoxy groups -OCH3 is 1. The van der Waals surface area contributed by atoms with Crippen molar-refractivity contribution in [3.8, 4) is 11.5 Å². The van der Waals surface area contributed by atoms with E-state index < -0.39 is 11.8 Å². The van der Waals surface area contributed by atoms with Gasteiger partial charge in [0.1, 0.15) is 29.6 Å². The molecule has 0 atom stereocenters. The van der Waals surface area contributed by atoms with Crippen molar-refractivity contribution in [1.29, 1.82) is 0 Å². The van der Waals surface area contributed by atoms with Crippen molar-refractivity contribution in [3.05, 3.63) is 71.7 Å². The molecule has 2 amide bonds. The van der Waals surface area contributed by atoms with Crippen molar-refractivity contribution >= 4 is 23.2 Å². The Morgan fingerprint density at radius 1 is 1.03 bits per heavy atom. The highest BCUT2D eigenvalue weighted by molar-refractivity contribution is 6.11. The van der Waals surface area contributed by atoms with Crippen LogP contribution in [-0.4, -0.2) is 38.5 Å². The summed E-state index contributed by atoms with van der Waals surface area (Å²) in [6.45, 7) is 4.27. The van der Waals surface area contributed by atoms with E-state index in [4.69, 9.17) is 13.9 Å². The highest BCUT2D eigenvalue weighted by Gasteiger charge is 2.22. The third kappa shape index (κ3) is 5.18. The number of aryl methyl sites for hydroxylation is 2. The summed E-state index contributed by atoms with van der Waals surface area (Å²) in [6.07, 6.45) is 3.00. The number of amides is 2. The van der Waals surface area contributed by atoms with Crippen LogP contribution in [0.3, 0.4) is 0 Å². The molecule has 1 aromatic carbocycles. The maximum absolute atomic E-state index is 13.0. The number of ether oxygens (including phenoxy) is 2. The molecule has 0 spiro atoms. The van der Waals surface area contributed by atoms with Crippen molar-refractivity contribution in [2.75, 3.05) is 17.7 Å². The molecule has 3 heterocycles. The largest absolute Gasteiger partial charge is 0.497 e. The molecular formula is C24H26N6O5. The van der Waals surface area contributed by atoms with Gasteiger partial charge in [-0.25, -0.2) is 0 Å². The van der Waals surface area contributed by atoms with E-state index in [1.54, 1.807) is 49.3 Å². The van der Waals surface area contributed by atoms with Crippen LogP contribution in [0, 0.1) is 6.92 Å². The topological polar surface area (TPSA) is 125 Å². The van der Waals surface area contributed by atoms with Gasteiger partial charge in [0.15, 0.2) is 5.76 Å². The molecule has 11 nitrogen and oxygen atoms in total. The van der Waals surface area contributed by atoms with E-state index in [1.807, 2.05) is 26.0 Å². The lowest BCUT2D eigenvalue weighted by Crippen LogP contribution is -2.21. The fourth-order valence-electron chi connectivity index (χ4n) is 3.37. The fourth-order valence-corrected chi connectivity index (χ4v) is 3.37. The van der Waals surface area contributed by atoms with Crippen LogP contribution in [0.2, 0.25) is 0 Å². The van der Waals surface area contributed by atoms with E-state index in [1.165, 1.54) is 10.9 Å². The minimum atomic E-state index is -0.514. The summed E-state index contributed by atoms with van der Waals surface area (Å²) in [4.78, 5) is 25.8. The smallest absolute Gasteiger partial charge is 0.291 e. The number of hydrogen-bond acceptors (Lipinski definition) is 7. The van der Waals surface area contributed by atoms with E-state index >= 15 is 0 Å². The Kier molecular flexibility index (Phi) is 6.86. The number of furan rings is 1. The van der Waals surface area contributed by atoms with Crippen molar-refractivity contribution in [2.24, 2.45) is 7.05 Å². The minimum Gasteiger partial charge on any atom is -0.497 e. The third-order valence-corrected chi connectivity index (χ3v) is 5.39. The second-order valence-electron chi connectivity index (χ2n) is 7.63. The molecule has 0 unspecified atom stereocenters. The van der Waals surface area contributed by atoms with Gasteiger partial charge in [-0.1, -0.05) is 6.07 Å². The molecule has 4 aromatic rings. The van der Waals surface area contributed by atoms with Crippen LogP contribution in [0.25, 0.3) is 0 Å². The first kappa shape index (κ1) is 23.6. The zero-order valence-electron chi connectivity index (χ0n) is 19.9. The molecule has 0 aliphatic heterocycles. The van der Waals surface area contributed by atoms with E-state index in [9.17, 15) is 9.59 Å². The van der Waals surface area contributed by atoms with Gasteiger partial charge in [0.05, 0.1) is 36.6 Å². The van der Waals surface area contributed by atoms with Crippen LogP contribution in [0.1, 0.15) is 39.4 Å². The molecule has 0 saturated carbocycles. The molecule has 0 aliphatic rings. The third-order valence-electron chi connectivity index (χ3n) is 5.39. The number of hydrogen-bond donors (Lipinski definition) is 2. The zero-order chi connectivity index (χ0) is 24.9. The van der Waals surface area contributed by atoms with Gasteiger partial charge in [-0.05, 0) is 38.1 Å². The first-order chi connectivity index (χ1) is 16.9. The van der Waals surface area contributed by atoms with E-state index in [0.29, 0.717) is 29.5 Å². The van der Waals surface area contributed by atoms with Crippen molar-refractivity contribution in [2.45, 2.75) is 27.0 Å².